The fraction of sp³-hybridized carbons (Fsp3) is 0.417. The molecule has 0 unspecified atom stereocenters. The minimum atomic E-state index is -0.494. The van der Waals surface area contributed by atoms with Gasteiger partial charge in [-0.15, -0.1) is 12.4 Å². The van der Waals surface area contributed by atoms with Crippen molar-refractivity contribution in [2.24, 2.45) is 5.73 Å². The quantitative estimate of drug-likeness (QED) is 0.658. The minimum Gasteiger partial charge on any atom is -0.337 e. The van der Waals surface area contributed by atoms with Gasteiger partial charge < -0.3 is 10.6 Å². The van der Waals surface area contributed by atoms with Crippen LogP contribution in [0.15, 0.2) is 18.2 Å². The standard InChI is InChI=1S/C12H15N3O3.ClH/c1-8-2-3-10(15(17)18)6-11(8)12(16)14-5-4-9(13)7-14;/h2-3,6,9H,4-5,7,13H2,1H3;1H/t9-;/m0./s1. The largest absolute Gasteiger partial charge is 0.337 e. The van der Waals surface area contributed by atoms with Crippen molar-refractivity contribution in [2.75, 3.05) is 13.1 Å². The van der Waals surface area contributed by atoms with Crippen molar-refractivity contribution in [1.29, 1.82) is 0 Å². The molecule has 1 aliphatic heterocycles. The minimum absolute atomic E-state index is 0. The van der Waals surface area contributed by atoms with Gasteiger partial charge in [0.2, 0.25) is 0 Å². The van der Waals surface area contributed by atoms with E-state index in [4.69, 9.17) is 5.73 Å². The molecule has 0 aliphatic carbocycles. The highest BCUT2D eigenvalue weighted by molar-refractivity contribution is 5.96. The Labute approximate surface area is 117 Å². The molecule has 1 saturated heterocycles. The number of carbonyl (C=O) groups is 1. The molecule has 6 nitrogen and oxygen atoms in total. The average molecular weight is 286 g/mol. The molecule has 1 aromatic carbocycles. The van der Waals surface area contributed by atoms with Gasteiger partial charge >= 0.3 is 0 Å². The van der Waals surface area contributed by atoms with Crippen molar-refractivity contribution < 1.29 is 9.72 Å². The van der Waals surface area contributed by atoms with Crippen molar-refractivity contribution in [3.63, 3.8) is 0 Å². The molecule has 1 fully saturated rings. The molecule has 2 N–H and O–H groups in total. The third-order valence-electron chi connectivity index (χ3n) is 3.17. The molecule has 19 heavy (non-hydrogen) atoms. The first-order valence-corrected chi connectivity index (χ1v) is 5.79. The fourth-order valence-electron chi connectivity index (χ4n) is 2.10. The number of nitrogens with two attached hydrogens (primary N) is 1. The smallest absolute Gasteiger partial charge is 0.270 e. The van der Waals surface area contributed by atoms with Gasteiger partial charge in [-0.2, -0.15) is 0 Å². The molecule has 1 atom stereocenters. The van der Waals surface area contributed by atoms with Crippen LogP contribution in [0.25, 0.3) is 0 Å². The Morgan fingerprint density at radius 2 is 2.21 bits per heavy atom. The summed E-state index contributed by atoms with van der Waals surface area (Å²) in [6.07, 6.45) is 0.777. The highest BCUT2D eigenvalue weighted by Crippen LogP contribution is 2.20. The van der Waals surface area contributed by atoms with Crippen molar-refractivity contribution in [2.45, 2.75) is 19.4 Å². The molecule has 1 aromatic rings. The van der Waals surface area contributed by atoms with E-state index in [1.54, 1.807) is 17.9 Å². The van der Waals surface area contributed by atoms with E-state index in [0.717, 1.165) is 12.0 Å². The zero-order valence-electron chi connectivity index (χ0n) is 10.5. The Balaban J connectivity index is 0.00000180. The third-order valence-corrected chi connectivity index (χ3v) is 3.17. The predicted molar refractivity (Wildman–Crippen MR) is 73.6 cm³/mol. The monoisotopic (exact) mass is 285 g/mol. The number of likely N-dealkylation sites (tertiary alicyclic amines) is 1. The molecule has 0 saturated carbocycles. The summed E-state index contributed by atoms with van der Waals surface area (Å²) in [5.74, 6) is -0.177. The zero-order valence-corrected chi connectivity index (χ0v) is 11.4. The lowest BCUT2D eigenvalue weighted by atomic mass is 10.1. The Morgan fingerprint density at radius 3 is 2.74 bits per heavy atom. The Morgan fingerprint density at radius 1 is 1.53 bits per heavy atom. The Hall–Kier alpha value is -1.66. The summed E-state index contributed by atoms with van der Waals surface area (Å²) in [7, 11) is 0. The van der Waals surface area contributed by atoms with Crippen LogP contribution in [-0.4, -0.2) is 34.9 Å². The maximum atomic E-state index is 12.2. The van der Waals surface area contributed by atoms with E-state index in [2.05, 4.69) is 0 Å². The number of aryl methyl sites for hydroxylation is 1. The number of amides is 1. The van der Waals surface area contributed by atoms with Crippen LogP contribution >= 0.6 is 12.4 Å². The van der Waals surface area contributed by atoms with Crippen LogP contribution in [0.1, 0.15) is 22.3 Å². The SMILES string of the molecule is Cc1ccc([N+](=O)[O-])cc1C(=O)N1CC[C@H](N)C1.Cl. The number of benzene rings is 1. The van der Waals surface area contributed by atoms with E-state index >= 15 is 0 Å². The first-order chi connectivity index (χ1) is 8.49. The van der Waals surface area contributed by atoms with Gasteiger partial charge in [-0.3, -0.25) is 14.9 Å². The van der Waals surface area contributed by atoms with Gasteiger partial charge in [0.15, 0.2) is 0 Å². The molecule has 1 amide bonds. The molecular formula is C12H16ClN3O3. The molecule has 0 aromatic heterocycles. The highest BCUT2D eigenvalue weighted by atomic mass is 35.5. The van der Waals surface area contributed by atoms with Gasteiger partial charge in [0, 0.05) is 36.8 Å². The number of non-ortho nitro benzene ring substituents is 1. The number of halogens is 1. The summed E-state index contributed by atoms with van der Waals surface area (Å²) in [6.45, 7) is 2.90. The van der Waals surface area contributed by atoms with Gasteiger partial charge in [0.05, 0.1) is 4.92 Å². The lowest BCUT2D eigenvalue weighted by Crippen LogP contribution is -2.32. The molecule has 0 bridgehead atoms. The molecule has 1 aliphatic rings. The summed E-state index contributed by atoms with van der Waals surface area (Å²) >= 11 is 0. The van der Waals surface area contributed by atoms with Gasteiger partial charge in [-0.05, 0) is 18.9 Å². The summed E-state index contributed by atoms with van der Waals surface area (Å²) in [5.41, 5.74) is 6.82. The predicted octanol–water partition coefficient (Wildman–Crippen LogP) is 1.50. The van der Waals surface area contributed by atoms with Crippen LogP contribution in [0, 0.1) is 17.0 Å². The van der Waals surface area contributed by atoms with E-state index < -0.39 is 4.92 Å². The number of hydrogen-bond donors (Lipinski definition) is 1. The molecule has 0 radical (unpaired) electrons. The average Bonchev–Trinajstić information content (AvgIpc) is 2.75. The summed E-state index contributed by atoms with van der Waals surface area (Å²) in [4.78, 5) is 24.1. The number of carbonyl (C=O) groups excluding carboxylic acids is 1. The lowest BCUT2D eigenvalue weighted by molar-refractivity contribution is -0.384. The normalized spacial score (nSPS) is 18.0. The number of nitro benzene ring substituents is 1. The highest BCUT2D eigenvalue weighted by Gasteiger charge is 2.26. The van der Waals surface area contributed by atoms with E-state index in [1.165, 1.54) is 12.1 Å². The van der Waals surface area contributed by atoms with E-state index in [0.29, 0.717) is 18.7 Å². The van der Waals surface area contributed by atoms with Crippen molar-refractivity contribution in [1.82, 2.24) is 4.90 Å². The third kappa shape index (κ3) is 3.21. The Kier molecular flexibility index (Phi) is 4.85. The first kappa shape index (κ1) is 15.4. The van der Waals surface area contributed by atoms with Crippen LogP contribution in [-0.2, 0) is 0 Å². The molecule has 1 heterocycles. The number of nitro groups is 1. The van der Waals surface area contributed by atoms with Crippen LogP contribution in [0.4, 0.5) is 5.69 Å². The number of rotatable bonds is 2. The summed E-state index contributed by atoms with van der Waals surface area (Å²) < 4.78 is 0. The van der Waals surface area contributed by atoms with Gasteiger partial charge in [0.1, 0.15) is 0 Å². The second-order valence-corrected chi connectivity index (χ2v) is 4.56. The lowest BCUT2D eigenvalue weighted by Gasteiger charge is -2.16. The summed E-state index contributed by atoms with van der Waals surface area (Å²) in [5, 5.41) is 10.7. The van der Waals surface area contributed by atoms with Crippen molar-refractivity contribution in [3.05, 3.63) is 39.4 Å². The van der Waals surface area contributed by atoms with Crippen molar-refractivity contribution in [3.8, 4) is 0 Å². The fourth-order valence-corrected chi connectivity index (χ4v) is 2.10. The van der Waals surface area contributed by atoms with Gasteiger partial charge in [0.25, 0.3) is 11.6 Å². The first-order valence-electron chi connectivity index (χ1n) is 5.79. The van der Waals surface area contributed by atoms with E-state index in [-0.39, 0.29) is 30.0 Å². The number of nitrogens with zero attached hydrogens (tertiary/aromatic N) is 2. The van der Waals surface area contributed by atoms with Crippen LogP contribution in [0.3, 0.4) is 0 Å². The molecule has 7 heteroatoms. The zero-order chi connectivity index (χ0) is 13.3. The molecule has 104 valence electrons. The second-order valence-electron chi connectivity index (χ2n) is 4.56. The summed E-state index contributed by atoms with van der Waals surface area (Å²) in [6, 6.07) is 4.35. The van der Waals surface area contributed by atoms with Crippen LogP contribution in [0.5, 0.6) is 0 Å². The maximum Gasteiger partial charge on any atom is 0.270 e. The van der Waals surface area contributed by atoms with E-state index in [1.807, 2.05) is 0 Å². The van der Waals surface area contributed by atoms with Crippen LogP contribution < -0.4 is 5.73 Å². The second kappa shape index (κ2) is 5.99. The maximum absolute atomic E-state index is 12.2. The molecule has 2 rings (SSSR count). The number of hydrogen-bond acceptors (Lipinski definition) is 4. The van der Waals surface area contributed by atoms with Gasteiger partial charge in [-0.25, -0.2) is 0 Å². The molecular weight excluding hydrogens is 270 g/mol. The van der Waals surface area contributed by atoms with Crippen LogP contribution in [0.2, 0.25) is 0 Å². The Bertz CT molecular complexity index is 507. The van der Waals surface area contributed by atoms with Gasteiger partial charge in [-0.1, -0.05) is 6.07 Å². The van der Waals surface area contributed by atoms with E-state index in [9.17, 15) is 14.9 Å². The van der Waals surface area contributed by atoms with Crippen molar-refractivity contribution >= 4 is 24.0 Å². The topological polar surface area (TPSA) is 89.5 Å². The molecule has 0 spiro atoms.